The summed E-state index contributed by atoms with van der Waals surface area (Å²) >= 11 is 0. The number of nitrogens with one attached hydrogen (secondary N) is 1. The molecule has 27 heavy (non-hydrogen) atoms. The van der Waals surface area contributed by atoms with Crippen LogP contribution in [0.15, 0.2) is 36.4 Å². The second-order valence-electron chi connectivity index (χ2n) is 6.41. The maximum absolute atomic E-state index is 13.7. The standard InChI is InChI=1S/C20H22F2N2O3/c1-26-14-6-7-15(19(11-14)27-2)18-4-3-9-24(18)12-20(25)23-17-10-13(21)5-8-16(17)22/h5-8,10-11,18H,3-4,9,12H2,1-2H3,(H,23,25)/t18-/m0/s1. The van der Waals surface area contributed by atoms with Crippen LogP contribution in [0.25, 0.3) is 0 Å². The van der Waals surface area contributed by atoms with E-state index in [1.807, 2.05) is 23.1 Å². The van der Waals surface area contributed by atoms with Gasteiger partial charge in [0.1, 0.15) is 23.1 Å². The lowest BCUT2D eigenvalue weighted by Crippen LogP contribution is -2.33. The maximum atomic E-state index is 13.7. The number of hydrogen-bond donors (Lipinski definition) is 1. The smallest absolute Gasteiger partial charge is 0.238 e. The van der Waals surface area contributed by atoms with Gasteiger partial charge in [-0.05, 0) is 37.6 Å². The van der Waals surface area contributed by atoms with Gasteiger partial charge in [0.15, 0.2) is 0 Å². The molecule has 2 aromatic rings. The van der Waals surface area contributed by atoms with Gasteiger partial charge in [-0.15, -0.1) is 0 Å². The fourth-order valence-corrected chi connectivity index (χ4v) is 3.43. The minimum absolute atomic E-state index is 0.00830. The lowest BCUT2D eigenvalue weighted by molar-refractivity contribution is -0.117. The van der Waals surface area contributed by atoms with Gasteiger partial charge in [-0.25, -0.2) is 8.78 Å². The molecular weight excluding hydrogens is 354 g/mol. The molecule has 144 valence electrons. The van der Waals surface area contributed by atoms with Crippen molar-refractivity contribution in [1.29, 1.82) is 0 Å². The van der Waals surface area contributed by atoms with Crippen molar-refractivity contribution in [2.45, 2.75) is 18.9 Å². The summed E-state index contributed by atoms with van der Waals surface area (Å²) in [6, 6.07) is 8.59. The summed E-state index contributed by atoms with van der Waals surface area (Å²) in [5.41, 5.74) is 0.818. The third-order valence-electron chi connectivity index (χ3n) is 4.71. The highest BCUT2D eigenvalue weighted by atomic mass is 19.1. The van der Waals surface area contributed by atoms with E-state index in [0.717, 1.165) is 43.1 Å². The number of methoxy groups -OCH3 is 2. The van der Waals surface area contributed by atoms with Crippen LogP contribution in [0.2, 0.25) is 0 Å². The first kappa shape index (κ1) is 19.1. The zero-order chi connectivity index (χ0) is 19.4. The van der Waals surface area contributed by atoms with Crippen molar-refractivity contribution in [3.05, 3.63) is 53.6 Å². The summed E-state index contributed by atoms with van der Waals surface area (Å²) < 4.78 is 37.7. The Hall–Kier alpha value is -2.67. The van der Waals surface area contributed by atoms with E-state index in [1.165, 1.54) is 0 Å². The van der Waals surface area contributed by atoms with Crippen LogP contribution < -0.4 is 14.8 Å². The number of nitrogens with zero attached hydrogens (tertiary/aromatic N) is 1. The molecule has 0 saturated carbocycles. The maximum Gasteiger partial charge on any atom is 0.238 e. The predicted octanol–water partition coefficient (Wildman–Crippen LogP) is 3.76. The summed E-state index contributed by atoms with van der Waals surface area (Å²) in [5, 5.41) is 2.45. The quantitative estimate of drug-likeness (QED) is 0.834. The topological polar surface area (TPSA) is 50.8 Å². The highest BCUT2D eigenvalue weighted by Gasteiger charge is 2.30. The molecule has 0 radical (unpaired) electrons. The minimum atomic E-state index is -0.667. The molecule has 3 rings (SSSR count). The van der Waals surface area contributed by atoms with Gasteiger partial charge < -0.3 is 14.8 Å². The summed E-state index contributed by atoms with van der Waals surface area (Å²) in [7, 11) is 3.18. The predicted molar refractivity (Wildman–Crippen MR) is 98.1 cm³/mol. The molecule has 0 bridgehead atoms. The van der Waals surface area contributed by atoms with Gasteiger partial charge in [-0.1, -0.05) is 6.07 Å². The normalized spacial score (nSPS) is 17.0. The Bertz CT molecular complexity index is 829. The van der Waals surface area contributed by atoms with Crippen molar-refractivity contribution in [3.8, 4) is 11.5 Å². The van der Waals surface area contributed by atoms with Gasteiger partial charge in [0, 0.05) is 23.7 Å². The molecule has 0 spiro atoms. The highest BCUT2D eigenvalue weighted by molar-refractivity contribution is 5.92. The average molecular weight is 376 g/mol. The summed E-state index contributed by atoms with van der Waals surface area (Å²) in [4.78, 5) is 14.4. The van der Waals surface area contributed by atoms with Gasteiger partial charge in [0.2, 0.25) is 5.91 Å². The van der Waals surface area contributed by atoms with Gasteiger partial charge in [0.05, 0.1) is 26.5 Å². The van der Waals surface area contributed by atoms with E-state index in [4.69, 9.17) is 9.47 Å². The largest absolute Gasteiger partial charge is 0.497 e. The molecule has 1 aliphatic heterocycles. The Morgan fingerprint density at radius 2 is 2.00 bits per heavy atom. The van der Waals surface area contributed by atoms with Gasteiger partial charge in [0.25, 0.3) is 0 Å². The minimum Gasteiger partial charge on any atom is -0.497 e. The fraction of sp³-hybridized carbons (Fsp3) is 0.350. The summed E-state index contributed by atoms with van der Waals surface area (Å²) in [6.45, 7) is 0.814. The van der Waals surface area contributed by atoms with E-state index in [2.05, 4.69) is 5.32 Å². The van der Waals surface area contributed by atoms with Crippen molar-refractivity contribution in [2.75, 3.05) is 32.6 Å². The van der Waals surface area contributed by atoms with Crippen molar-refractivity contribution < 1.29 is 23.0 Å². The lowest BCUT2D eigenvalue weighted by atomic mass is 10.0. The summed E-state index contributed by atoms with van der Waals surface area (Å²) in [6.07, 6.45) is 1.81. The Kier molecular flexibility index (Phi) is 5.91. The van der Waals surface area contributed by atoms with Gasteiger partial charge in [-0.3, -0.25) is 9.69 Å². The molecular formula is C20H22F2N2O3. The molecule has 1 atom stereocenters. The molecule has 0 aromatic heterocycles. The van der Waals surface area contributed by atoms with Crippen molar-refractivity contribution in [3.63, 3.8) is 0 Å². The molecule has 1 saturated heterocycles. The van der Waals surface area contributed by atoms with Crippen LogP contribution in [-0.4, -0.2) is 38.1 Å². The number of ether oxygens (including phenoxy) is 2. The first-order valence-electron chi connectivity index (χ1n) is 8.72. The van der Waals surface area contributed by atoms with Crippen LogP contribution >= 0.6 is 0 Å². The van der Waals surface area contributed by atoms with Crippen LogP contribution in [0, 0.1) is 11.6 Å². The number of halogens is 2. The van der Waals surface area contributed by atoms with Crippen LogP contribution in [0.4, 0.5) is 14.5 Å². The Labute approximate surface area is 156 Å². The number of anilines is 1. The SMILES string of the molecule is COc1ccc([C@@H]2CCCN2CC(=O)Nc2cc(F)ccc2F)c(OC)c1. The molecule has 1 heterocycles. The molecule has 7 heteroatoms. The van der Waals surface area contributed by atoms with E-state index in [0.29, 0.717) is 11.5 Å². The number of carbonyl (C=O) groups excluding carboxylic acids is 1. The second-order valence-corrected chi connectivity index (χ2v) is 6.41. The number of amides is 1. The van der Waals surface area contributed by atoms with Crippen molar-refractivity contribution >= 4 is 11.6 Å². The Morgan fingerprint density at radius 1 is 1.19 bits per heavy atom. The third kappa shape index (κ3) is 4.36. The Morgan fingerprint density at radius 3 is 2.74 bits per heavy atom. The molecule has 1 N–H and O–H groups in total. The molecule has 1 aliphatic rings. The zero-order valence-corrected chi connectivity index (χ0v) is 15.3. The average Bonchev–Trinajstić information content (AvgIpc) is 3.11. The fourth-order valence-electron chi connectivity index (χ4n) is 3.43. The second kappa shape index (κ2) is 8.35. The number of carbonyl (C=O) groups is 1. The molecule has 5 nitrogen and oxygen atoms in total. The monoisotopic (exact) mass is 376 g/mol. The first-order chi connectivity index (χ1) is 13.0. The number of benzene rings is 2. The molecule has 1 amide bonds. The number of hydrogen-bond acceptors (Lipinski definition) is 4. The van der Waals surface area contributed by atoms with Gasteiger partial charge >= 0.3 is 0 Å². The first-order valence-corrected chi connectivity index (χ1v) is 8.72. The van der Waals surface area contributed by atoms with Crippen LogP contribution in [0.3, 0.4) is 0 Å². The number of likely N-dealkylation sites (tertiary alicyclic amines) is 1. The zero-order valence-electron chi connectivity index (χ0n) is 15.3. The van der Waals surface area contributed by atoms with Crippen LogP contribution in [-0.2, 0) is 4.79 Å². The third-order valence-corrected chi connectivity index (χ3v) is 4.71. The van der Waals surface area contributed by atoms with E-state index in [-0.39, 0.29) is 24.2 Å². The molecule has 1 fully saturated rings. The van der Waals surface area contributed by atoms with Crippen LogP contribution in [0.1, 0.15) is 24.4 Å². The molecule has 0 unspecified atom stereocenters. The van der Waals surface area contributed by atoms with Crippen LogP contribution in [0.5, 0.6) is 11.5 Å². The van der Waals surface area contributed by atoms with Crippen molar-refractivity contribution in [2.24, 2.45) is 0 Å². The van der Waals surface area contributed by atoms with E-state index in [9.17, 15) is 13.6 Å². The number of rotatable bonds is 6. The van der Waals surface area contributed by atoms with E-state index < -0.39 is 11.6 Å². The highest BCUT2D eigenvalue weighted by Crippen LogP contribution is 2.38. The lowest BCUT2D eigenvalue weighted by Gasteiger charge is -2.26. The van der Waals surface area contributed by atoms with Crippen molar-refractivity contribution in [1.82, 2.24) is 4.90 Å². The Balaban J connectivity index is 1.73. The molecule has 0 aliphatic carbocycles. The van der Waals surface area contributed by atoms with E-state index >= 15 is 0 Å². The van der Waals surface area contributed by atoms with Gasteiger partial charge in [-0.2, -0.15) is 0 Å². The van der Waals surface area contributed by atoms with E-state index in [1.54, 1.807) is 14.2 Å². The summed E-state index contributed by atoms with van der Waals surface area (Å²) in [5.74, 6) is -0.269. The molecule has 2 aromatic carbocycles.